The lowest BCUT2D eigenvalue weighted by Crippen LogP contribution is -2.47. The van der Waals surface area contributed by atoms with E-state index >= 15 is 0 Å². The van der Waals surface area contributed by atoms with Crippen LogP contribution in [0.3, 0.4) is 0 Å². The van der Waals surface area contributed by atoms with Crippen molar-refractivity contribution in [3.63, 3.8) is 0 Å². The normalized spacial score (nSPS) is 15.6. The third kappa shape index (κ3) is 5.35. The maximum absolute atomic E-state index is 13.0. The molecular weight excluding hydrogens is 365 g/mol. The lowest BCUT2D eigenvalue weighted by Gasteiger charge is -2.29. The minimum atomic E-state index is -0.478. The Morgan fingerprint density at radius 3 is 2.54 bits per heavy atom. The average molecular weight is 389 g/mol. The fourth-order valence-corrected chi connectivity index (χ4v) is 3.11. The fourth-order valence-electron chi connectivity index (χ4n) is 3.11. The molecule has 0 aliphatic carbocycles. The predicted octanol–water partition coefficient (Wildman–Crippen LogP) is 2.29. The van der Waals surface area contributed by atoms with Gasteiger partial charge in [0.05, 0.1) is 6.54 Å². The molecular formula is C19H24FN5O3. The summed E-state index contributed by atoms with van der Waals surface area (Å²) in [6.07, 6.45) is 1.55. The molecule has 0 unspecified atom stereocenters. The van der Waals surface area contributed by atoms with E-state index in [9.17, 15) is 14.0 Å². The van der Waals surface area contributed by atoms with Crippen LogP contribution in [0, 0.1) is 5.82 Å². The number of nitrogens with zero attached hydrogens (tertiary/aromatic N) is 3. The molecule has 0 bridgehead atoms. The zero-order chi connectivity index (χ0) is 20.1. The van der Waals surface area contributed by atoms with Gasteiger partial charge in [-0.3, -0.25) is 15.0 Å². The Morgan fingerprint density at radius 2 is 1.89 bits per heavy atom. The third-order valence-corrected chi connectivity index (χ3v) is 4.51. The van der Waals surface area contributed by atoms with Gasteiger partial charge in [-0.25, -0.2) is 9.18 Å². The number of benzene rings is 1. The largest absolute Gasteiger partial charge is 0.420 e. The van der Waals surface area contributed by atoms with Crippen molar-refractivity contribution in [2.45, 2.75) is 38.6 Å². The van der Waals surface area contributed by atoms with E-state index in [0.29, 0.717) is 30.4 Å². The Balaban J connectivity index is 1.48. The van der Waals surface area contributed by atoms with Crippen LogP contribution in [-0.2, 0) is 4.79 Å². The van der Waals surface area contributed by atoms with Crippen LogP contribution in [0.25, 0.3) is 11.5 Å². The molecule has 28 heavy (non-hydrogen) atoms. The Morgan fingerprint density at radius 1 is 1.21 bits per heavy atom. The number of piperidine rings is 1. The molecule has 1 aromatic heterocycles. The van der Waals surface area contributed by atoms with Crippen LogP contribution < -0.4 is 10.6 Å². The molecule has 0 radical (unpaired) electrons. The van der Waals surface area contributed by atoms with Gasteiger partial charge in [-0.05, 0) is 64.0 Å². The van der Waals surface area contributed by atoms with Crippen molar-refractivity contribution in [2.75, 3.05) is 19.6 Å². The highest BCUT2D eigenvalue weighted by molar-refractivity contribution is 5.95. The number of rotatable bonds is 5. The summed E-state index contributed by atoms with van der Waals surface area (Å²) in [5.74, 6) is 0.396. The lowest BCUT2D eigenvalue weighted by atomic mass is 9.97. The van der Waals surface area contributed by atoms with Gasteiger partial charge in [0.15, 0.2) is 0 Å². The van der Waals surface area contributed by atoms with Gasteiger partial charge < -0.3 is 9.73 Å². The zero-order valence-corrected chi connectivity index (χ0v) is 15.9. The minimum Gasteiger partial charge on any atom is -0.420 e. The standard InChI is InChI=1S/C19H24FN5O3/c1-12(2)21-19(27)22-16(26)11-25-9-7-14(8-10-25)18-24-23-17(28-18)13-3-5-15(20)6-4-13/h3-6,12,14H,7-11H2,1-2H3,(H2,21,22,26,27). The number of amides is 3. The molecule has 0 spiro atoms. The summed E-state index contributed by atoms with van der Waals surface area (Å²) in [6.45, 7) is 5.21. The first-order valence-electron chi connectivity index (χ1n) is 9.32. The molecule has 2 heterocycles. The van der Waals surface area contributed by atoms with Crippen LogP contribution in [0.15, 0.2) is 28.7 Å². The van der Waals surface area contributed by atoms with E-state index in [1.165, 1.54) is 12.1 Å². The Hall–Kier alpha value is -2.81. The third-order valence-electron chi connectivity index (χ3n) is 4.51. The molecule has 0 saturated carbocycles. The van der Waals surface area contributed by atoms with Gasteiger partial charge in [-0.15, -0.1) is 10.2 Å². The van der Waals surface area contributed by atoms with Crippen molar-refractivity contribution < 1.29 is 18.4 Å². The van der Waals surface area contributed by atoms with Gasteiger partial charge in [0.25, 0.3) is 0 Å². The number of hydrogen-bond acceptors (Lipinski definition) is 6. The van der Waals surface area contributed by atoms with Crippen LogP contribution in [0.1, 0.15) is 38.5 Å². The maximum atomic E-state index is 13.0. The summed E-state index contributed by atoms with van der Waals surface area (Å²) < 4.78 is 18.8. The summed E-state index contributed by atoms with van der Waals surface area (Å²) in [5.41, 5.74) is 0.675. The van der Waals surface area contributed by atoms with Gasteiger partial charge in [0, 0.05) is 17.5 Å². The lowest BCUT2D eigenvalue weighted by molar-refractivity contribution is -0.121. The molecule has 3 amide bonds. The molecule has 1 saturated heterocycles. The van der Waals surface area contributed by atoms with Crippen LogP contribution >= 0.6 is 0 Å². The van der Waals surface area contributed by atoms with E-state index in [1.807, 2.05) is 18.7 Å². The van der Waals surface area contributed by atoms with E-state index in [2.05, 4.69) is 20.8 Å². The van der Waals surface area contributed by atoms with Crippen LogP contribution in [0.5, 0.6) is 0 Å². The monoisotopic (exact) mass is 389 g/mol. The second-order valence-corrected chi connectivity index (χ2v) is 7.18. The number of carbonyl (C=O) groups is 2. The van der Waals surface area contributed by atoms with Gasteiger partial charge >= 0.3 is 6.03 Å². The van der Waals surface area contributed by atoms with E-state index in [4.69, 9.17) is 4.42 Å². The first-order chi connectivity index (χ1) is 13.4. The van der Waals surface area contributed by atoms with Crippen molar-refractivity contribution in [1.29, 1.82) is 0 Å². The number of imide groups is 1. The number of nitrogens with one attached hydrogen (secondary N) is 2. The van der Waals surface area contributed by atoms with E-state index in [0.717, 1.165) is 12.8 Å². The highest BCUT2D eigenvalue weighted by Gasteiger charge is 2.26. The van der Waals surface area contributed by atoms with Gasteiger partial charge in [0.1, 0.15) is 5.82 Å². The quantitative estimate of drug-likeness (QED) is 0.814. The van der Waals surface area contributed by atoms with Crippen LogP contribution in [0.2, 0.25) is 0 Å². The molecule has 1 fully saturated rings. The van der Waals surface area contributed by atoms with Gasteiger partial charge in [-0.1, -0.05) is 0 Å². The number of aromatic nitrogens is 2. The van der Waals surface area contributed by atoms with E-state index in [-0.39, 0.29) is 30.2 Å². The molecule has 0 atom stereocenters. The smallest absolute Gasteiger partial charge is 0.321 e. The second kappa shape index (κ2) is 8.92. The Kier molecular flexibility index (Phi) is 6.35. The summed E-state index contributed by atoms with van der Waals surface area (Å²) in [4.78, 5) is 25.5. The summed E-state index contributed by atoms with van der Waals surface area (Å²) >= 11 is 0. The van der Waals surface area contributed by atoms with Gasteiger partial charge in [-0.2, -0.15) is 0 Å². The van der Waals surface area contributed by atoms with Crippen LogP contribution in [0.4, 0.5) is 9.18 Å². The predicted molar refractivity (Wildman–Crippen MR) is 99.9 cm³/mol. The number of likely N-dealkylation sites (tertiary alicyclic amines) is 1. The number of hydrogen-bond donors (Lipinski definition) is 2. The molecule has 1 aliphatic heterocycles. The van der Waals surface area contributed by atoms with Crippen molar-refractivity contribution >= 4 is 11.9 Å². The number of carbonyl (C=O) groups excluding carboxylic acids is 2. The number of urea groups is 1. The molecule has 8 nitrogen and oxygen atoms in total. The Labute approximate surface area is 162 Å². The zero-order valence-electron chi connectivity index (χ0n) is 15.9. The van der Waals surface area contributed by atoms with Crippen LogP contribution in [-0.4, -0.2) is 52.7 Å². The van der Waals surface area contributed by atoms with Crippen molar-refractivity contribution in [3.05, 3.63) is 36.0 Å². The summed E-state index contributed by atoms with van der Waals surface area (Å²) in [7, 11) is 0. The first kappa shape index (κ1) is 19.9. The maximum Gasteiger partial charge on any atom is 0.321 e. The summed E-state index contributed by atoms with van der Waals surface area (Å²) in [6, 6.07) is 5.40. The fraction of sp³-hybridized carbons (Fsp3) is 0.474. The Bertz CT molecular complexity index is 813. The molecule has 150 valence electrons. The second-order valence-electron chi connectivity index (χ2n) is 7.18. The van der Waals surface area contributed by atoms with Crippen molar-refractivity contribution in [1.82, 2.24) is 25.7 Å². The SMILES string of the molecule is CC(C)NC(=O)NC(=O)CN1CCC(c2nnc(-c3ccc(F)cc3)o2)CC1. The first-order valence-corrected chi connectivity index (χ1v) is 9.32. The van der Waals surface area contributed by atoms with Gasteiger partial charge in [0.2, 0.25) is 17.7 Å². The minimum absolute atomic E-state index is 0.0299. The number of halogens is 1. The molecule has 3 rings (SSSR count). The molecule has 9 heteroatoms. The van der Waals surface area contributed by atoms with E-state index < -0.39 is 6.03 Å². The average Bonchev–Trinajstić information content (AvgIpc) is 3.12. The summed E-state index contributed by atoms with van der Waals surface area (Å²) in [5, 5.41) is 13.1. The molecule has 1 aromatic carbocycles. The van der Waals surface area contributed by atoms with Crippen molar-refractivity contribution in [2.24, 2.45) is 0 Å². The highest BCUT2D eigenvalue weighted by atomic mass is 19.1. The highest BCUT2D eigenvalue weighted by Crippen LogP contribution is 2.29. The topological polar surface area (TPSA) is 100 Å². The van der Waals surface area contributed by atoms with E-state index in [1.54, 1.807) is 12.1 Å². The van der Waals surface area contributed by atoms with Crippen molar-refractivity contribution in [3.8, 4) is 11.5 Å². The molecule has 2 N–H and O–H groups in total. The molecule has 1 aliphatic rings. The molecule has 2 aromatic rings.